The molecule has 1 saturated heterocycles. The Bertz CT molecular complexity index is 509. The summed E-state index contributed by atoms with van der Waals surface area (Å²) in [6.45, 7) is -1.65. The Hall–Kier alpha value is -1.80. The number of carbonyl (C=O) groups is 3. The number of carboxylic acids is 1. The van der Waals surface area contributed by atoms with Crippen molar-refractivity contribution in [2.75, 3.05) is 13.1 Å². The summed E-state index contributed by atoms with van der Waals surface area (Å²) in [5.41, 5.74) is 0. The van der Waals surface area contributed by atoms with Gasteiger partial charge < -0.3 is 15.3 Å². The lowest BCUT2D eigenvalue weighted by molar-refractivity contribution is -0.157. The second-order valence-corrected chi connectivity index (χ2v) is 6.49. The van der Waals surface area contributed by atoms with E-state index < -0.39 is 48.4 Å². The second-order valence-electron chi connectivity index (χ2n) is 6.49. The number of nitrogens with zero attached hydrogens (tertiary/aromatic N) is 1. The van der Waals surface area contributed by atoms with Crippen LogP contribution in [-0.4, -0.2) is 53.1 Å². The quantitative estimate of drug-likeness (QED) is 0.753. The first-order valence-corrected chi connectivity index (χ1v) is 8.05. The van der Waals surface area contributed by atoms with Gasteiger partial charge in [-0.15, -0.1) is 0 Å². The van der Waals surface area contributed by atoms with Crippen LogP contribution in [0.15, 0.2) is 0 Å². The van der Waals surface area contributed by atoms with Crippen molar-refractivity contribution in [3.63, 3.8) is 0 Å². The molecular weight excluding hydrogens is 329 g/mol. The number of carbonyl (C=O) groups excluding carboxylic acids is 2. The van der Waals surface area contributed by atoms with Crippen molar-refractivity contribution in [3.05, 3.63) is 0 Å². The van der Waals surface area contributed by atoms with E-state index in [1.165, 1.54) is 0 Å². The second kappa shape index (κ2) is 7.40. The predicted molar refractivity (Wildman–Crippen MR) is 76.9 cm³/mol. The van der Waals surface area contributed by atoms with Crippen LogP contribution in [0.2, 0.25) is 0 Å². The lowest BCUT2D eigenvalue weighted by Crippen LogP contribution is -2.45. The molecule has 0 aromatic heterocycles. The van der Waals surface area contributed by atoms with Gasteiger partial charge >= 0.3 is 12.1 Å². The zero-order chi connectivity index (χ0) is 17.9. The molecule has 9 heteroatoms. The van der Waals surface area contributed by atoms with E-state index in [2.05, 4.69) is 5.32 Å². The lowest BCUT2D eigenvalue weighted by Gasteiger charge is -2.24. The van der Waals surface area contributed by atoms with Gasteiger partial charge in [0.1, 0.15) is 6.54 Å². The standard InChI is InChI=1S/C15H21F3N2O4/c16-15(17,18)8-20-7-9(6-12(20)21)13(22)19-11-5-3-1-2-4-10(11)14(23)24/h9-11H,1-8H2,(H,19,22)(H,23,24)/t9?,10-,11+/m1/s1. The van der Waals surface area contributed by atoms with Crippen molar-refractivity contribution in [2.45, 2.75) is 50.7 Å². The van der Waals surface area contributed by atoms with E-state index in [4.69, 9.17) is 0 Å². The van der Waals surface area contributed by atoms with E-state index in [-0.39, 0.29) is 13.0 Å². The topological polar surface area (TPSA) is 86.7 Å². The van der Waals surface area contributed by atoms with Crippen molar-refractivity contribution in [3.8, 4) is 0 Å². The van der Waals surface area contributed by atoms with Crippen LogP contribution in [0.4, 0.5) is 13.2 Å². The Labute approximate surface area is 137 Å². The van der Waals surface area contributed by atoms with Gasteiger partial charge in [0.2, 0.25) is 11.8 Å². The molecule has 2 N–H and O–H groups in total. The highest BCUT2D eigenvalue weighted by molar-refractivity contribution is 5.89. The van der Waals surface area contributed by atoms with Crippen LogP contribution < -0.4 is 5.32 Å². The number of nitrogens with one attached hydrogen (secondary N) is 1. The average Bonchev–Trinajstić information content (AvgIpc) is 2.68. The molecule has 2 fully saturated rings. The number of rotatable bonds is 4. The molecule has 1 aliphatic heterocycles. The van der Waals surface area contributed by atoms with Crippen molar-refractivity contribution in [1.29, 1.82) is 0 Å². The van der Waals surface area contributed by atoms with Crippen LogP contribution in [-0.2, 0) is 14.4 Å². The van der Waals surface area contributed by atoms with Crippen molar-refractivity contribution in [1.82, 2.24) is 10.2 Å². The van der Waals surface area contributed by atoms with Crippen LogP contribution in [0.25, 0.3) is 0 Å². The van der Waals surface area contributed by atoms with E-state index in [1.807, 2.05) is 0 Å². The molecule has 1 unspecified atom stereocenters. The molecule has 0 bridgehead atoms. The molecule has 6 nitrogen and oxygen atoms in total. The van der Waals surface area contributed by atoms with Gasteiger partial charge in [0.15, 0.2) is 0 Å². The summed E-state index contributed by atoms with van der Waals surface area (Å²) in [7, 11) is 0. The zero-order valence-corrected chi connectivity index (χ0v) is 13.1. The maximum absolute atomic E-state index is 12.4. The highest BCUT2D eigenvalue weighted by Crippen LogP contribution is 2.27. The van der Waals surface area contributed by atoms with E-state index in [0.29, 0.717) is 17.7 Å². The van der Waals surface area contributed by atoms with Crippen LogP contribution in [0.1, 0.15) is 38.5 Å². The first-order valence-electron chi connectivity index (χ1n) is 8.05. The van der Waals surface area contributed by atoms with Crippen LogP contribution >= 0.6 is 0 Å². The number of hydrogen-bond donors (Lipinski definition) is 2. The van der Waals surface area contributed by atoms with E-state index in [9.17, 15) is 32.7 Å². The van der Waals surface area contributed by atoms with E-state index >= 15 is 0 Å². The Morgan fingerprint density at radius 3 is 2.50 bits per heavy atom. The van der Waals surface area contributed by atoms with E-state index in [0.717, 1.165) is 19.3 Å². The predicted octanol–water partition coefficient (Wildman–Crippen LogP) is 1.55. The van der Waals surface area contributed by atoms with Gasteiger partial charge in [-0.3, -0.25) is 14.4 Å². The summed E-state index contributed by atoms with van der Waals surface area (Å²) in [4.78, 5) is 35.9. The molecule has 0 spiro atoms. The monoisotopic (exact) mass is 350 g/mol. The first kappa shape index (κ1) is 18.5. The third kappa shape index (κ3) is 4.85. The van der Waals surface area contributed by atoms with Gasteiger partial charge in [-0.1, -0.05) is 19.3 Å². The Morgan fingerprint density at radius 1 is 1.21 bits per heavy atom. The van der Waals surface area contributed by atoms with Crippen molar-refractivity contribution in [2.24, 2.45) is 11.8 Å². The molecule has 0 aromatic carbocycles. The molecular formula is C15H21F3N2O4. The first-order chi connectivity index (χ1) is 11.2. The average molecular weight is 350 g/mol. The van der Waals surface area contributed by atoms with Gasteiger partial charge in [0.05, 0.1) is 11.8 Å². The third-order valence-electron chi connectivity index (χ3n) is 4.62. The molecule has 2 amide bonds. The molecule has 2 rings (SSSR count). The molecule has 2 aliphatic rings. The normalized spacial score (nSPS) is 28.5. The smallest absolute Gasteiger partial charge is 0.406 e. The highest BCUT2D eigenvalue weighted by Gasteiger charge is 2.41. The number of aliphatic carboxylic acids is 1. The Morgan fingerprint density at radius 2 is 1.88 bits per heavy atom. The lowest BCUT2D eigenvalue weighted by atomic mass is 9.94. The summed E-state index contributed by atoms with van der Waals surface area (Å²) in [6.07, 6.45) is -1.34. The third-order valence-corrected chi connectivity index (χ3v) is 4.62. The number of amides is 2. The molecule has 1 saturated carbocycles. The van der Waals surface area contributed by atoms with Crippen molar-refractivity contribution < 1.29 is 32.7 Å². The number of hydrogen-bond acceptors (Lipinski definition) is 3. The number of halogens is 3. The minimum atomic E-state index is -4.50. The largest absolute Gasteiger partial charge is 0.481 e. The van der Waals surface area contributed by atoms with E-state index in [1.54, 1.807) is 0 Å². The Kier molecular flexibility index (Phi) is 5.71. The molecule has 1 aliphatic carbocycles. The minimum absolute atomic E-state index is 0.271. The summed E-state index contributed by atoms with van der Waals surface area (Å²) >= 11 is 0. The van der Waals surface area contributed by atoms with Crippen LogP contribution in [0, 0.1) is 11.8 Å². The maximum atomic E-state index is 12.4. The fourth-order valence-corrected chi connectivity index (χ4v) is 3.39. The highest BCUT2D eigenvalue weighted by atomic mass is 19.4. The number of carboxylic acid groups (broad SMARTS) is 1. The fourth-order valence-electron chi connectivity index (χ4n) is 3.39. The summed E-state index contributed by atoms with van der Waals surface area (Å²) in [6, 6.07) is -0.538. The van der Waals surface area contributed by atoms with Crippen LogP contribution in [0.3, 0.4) is 0 Å². The van der Waals surface area contributed by atoms with Gasteiger partial charge in [0.25, 0.3) is 0 Å². The van der Waals surface area contributed by atoms with Gasteiger partial charge in [-0.05, 0) is 12.8 Å². The molecule has 0 radical (unpaired) electrons. The van der Waals surface area contributed by atoms with Crippen molar-refractivity contribution >= 4 is 17.8 Å². The molecule has 1 heterocycles. The molecule has 3 atom stereocenters. The van der Waals surface area contributed by atoms with Gasteiger partial charge in [-0.25, -0.2) is 0 Å². The molecule has 24 heavy (non-hydrogen) atoms. The summed E-state index contributed by atoms with van der Waals surface area (Å²) in [5.74, 6) is -3.78. The summed E-state index contributed by atoms with van der Waals surface area (Å²) in [5, 5.41) is 11.9. The SMILES string of the molecule is O=C(N[C@H]1CCCCC[C@H]1C(=O)O)C1CC(=O)N(CC(F)(F)F)C1. The molecule has 0 aromatic rings. The van der Waals surface area contributed by atoms with Gasteiger partial charge in [-0.2, -0.15) is 13.2 Å². The van der Waals surface area contributed by atoms with Crippen LogP contribution in [0.5, 0.6) is 0 Å². The maximum Gasteiger partial charge on any atom is 0.406 e. The Balaban J connectivity index is 1.96. The number of alkyl halides is 3. The summed E-state index contributed by atoms with van der Waals surface area (Å²) < 4.78 is 37.2. The van der Waals surface area contributed by atoms with Gasteiger partial charge in [0, 0.05) is 19.0 Å². The molecule has 136 valence electrons. The zero-order valence-electron chi connectivity index (χ0n) is 13.1. The number of likely N-dealkylation sites (tertiary alicyclic amines) is 1. The fraction of sp³-hybridized carbons (Fsp3) is 0.800. The minimum Gasteiger partial charge on any atom is -0.481 e.